The first kappa shape index (κ1) is 15.5. The highest BCUT2D eigenvalue weighted by atomic mass is 19.1. The number of aromatic nitrogens is 2. The molecule has 2 aliphatic heterocycles. The molecule has 2 aliphatic rings. The average Bonchev–Trinajstić information content (AvgIpc) is 2.99. The van der Waals surface area contributed by atoms with Crippen molar-refractivity contribution >= 4 is 5.95 Å². The molecule has 1 atom stereocenters. The van der Waals surface area contributed by atoms with Crippen molar-refractivity contribution in [2.75, 3.05) is 31.1 Å². The summed E-state index contributed by atoms with van der Waals surface area (Å²) in [5.41, 5.74) is 1.53. The molecule has 2 aromatic rings. The van der Waals surface area contributed by atoms with Crippen LogP contribution in [0.5, 0.6) is 0 Å². The van der Waals surface area contributed by atoms with Gasteiger partial charge in [-0.2, -0.15) is 0 Å². The van der Waals surface area contributed by atoms with Crippen LogP contribution in [0.15, 0.2) is 42.7 Å². The summed E-state index contributed by atoms with van der Waals surface area (Å²) in [6.07, 6.45) is 7.33. The second-order valence-electron chi connectivity index (χ2n) is 7.16. The number of nitrogens with zero attached hydrogens (tertiary/aromatic N) is 4. The summed E-state index contributed by atoms with van der Waals surface area (Å²) >= 11 is 0. The minimum atomic E-state index is -0.164. The van der Waals surface area contributed by atoms with Gasteiger partial charge >= 0.3 is 0 Å². The van der Waals surface area contributed by atoms with E-state index in [9.17, 15) is 4.39 Å². The lowest BCUT2D eigenvalue weighted by molar-refractivity contribution is 0.215. The zero-order valence-corrected chi connectivity index (χ0v) is 13.9. The molecule has 1 spiro atoms. The Bertz CT molecular complexity index is 676. The molecule has 1 aromatic heterocycles. The average molecular weight is 326 g/mol. The number of benzene rings is 1. The van der Waals surface area contributed by atoms with Gasteiger partial charge < -0.3 is 4.90 Å². The quantitative estimate of drug-likeness (QED) is 0.867. The molecule has 0 unspecified atom stereocenters. The third-order valence-electron chi connectivity index (χ3n) is 5.33. The highest BCUT2D eigenvalue weighted by molar-refractivity contribution is 5.30. The Morgan fingerprint density at radius 3 is 2.58 bits per heavy atom. The molecule has 2 saturated heterocycles. The van der Waals surface area contributed by atoms with Crippen LogP contribution in [0.2, 0.25) is 0 Å². The fourth-order valence-electron chi connectivity index (χ4n) is 4.18. The smallest absolute Gasteiger partial charge is 0.225 e. The summed E-state index contributed by atoms with van der Waals surface area (Å²) in [6, 6.07) is 8.76. The fourth-order valence-corrected chi connectivity index (χ4v) is 4.18. The Morgan fingerprint density at radius 1 is 1.00 bits per heavy atom. The van der Waals surface area contributed by atoms with Crippen LogP contribution in [-0.2, 0) is 6.54 Å². The molecular weight excluding hydrogens is 303 g/mol. The van der Waals surface area contributed by atoms with Gasteiger partial charge in [-0.05, 0) is 49.6 Å². The van der Waals surface area contributed by atoms with Crippen molar-refractivity contribution in [3.63, 3.8) is 0 Å². The molecule has 0 aliphatic carbocycles. The minimum absolute atomic E-state index is 0.164. The van der Waals surface area contributed by atoms with Crippen molar-refractivity contribution in [3.05, 3.63) is 54.1 Å². The summed E-state index contributed by atoms with van der Waals surface area (Å²) < 4.78 is 13.1. The van der Waals surface area contributed by atoms with Crippen molar-refractivity contribution in [3.8, 4) is 0 Å². The molecule has 1 aromatic carbocycles. The summed E-state index contributed by atoms with van der Waals surface area (Å²) in [6.45, 7) is 5.21. The van der Waals surface area contributed by atoms with Gasteiger partial charge in [-0.25, -0.2) is 14.4 Å². The summed E-state index contributed by atoms with van der Waals surface area (Å²) in [5, 5.41) is 0. The van der Waals surface area contributed by atoms with Crippen LogP contribution in [-0.4, -0.2) is 41.0 Å². The second kappa shape index (κ2) is 6.48. The lowest BCUT2D eigenvalue weighted by atomic mass is 9.79. The number of piperidine rings is 1. The SMILES string of the molecule is Fc1ccc(CN2CC[C@@]3(CCCN(c4ncccn4)C3)C2)cc1. The van der Waals surface area contributed by atoms with Crippen LogP contribution in [0.1, 0.15) is 24.8 Å². The molecular formula is C19H23FN4. The second-order valence-corrected chi connectivity index (χ2v) is 7.16. The van der Waals surface area contributed by atoms with Crippen molar-refractivity contribution in [2.24, 2.45) is 5.41 Å². The fraction of sp³-hybridized carbons (Fsp3) is 0.474. The van der Waals surface area contributed by atoms with E-state index in [4.69, 9.17) is 0 Å². The van der Waals surface area contributed by atoms with Gasteiger partial charge in [-0.3, -0.25) is 4.90 Å². The number of hydrogen-bond acceptors (Lipinski definition) is 4. The topological polar surface area (TPSA) is 32.3 Å². The van der Waals surface area contributed by atoms with E-state index in [0.29, 0.717) is 5.41 Å². The molecule has 5 heteroatoms. The summed E-state index contributed by atoms with van der Waals surface area (Å²) in [5.74, 6) is 0.691. The molecule has 126 valence electrons. The number of hydrogen-bond donors (Lipinski definition) is 0. The highest BCUT2D eigenvalue weighted by Crippen LogP contribution is 2.40. The molecule has 0 saturated carbocycles. The van der Waals surface area contributed by atoms with E-state index in [0.717, 1.165) is 38.7 Å². The molecule has 3 heterocycles. The van der Waals surface area contributed by atoms with Gasteiger partial charge in [0.1, 0.15) is 5.82 Å². The van der Waals surface area contributed by atoms with Crippen molar-refractivity contribution in [1.82, 2.24) is 14.9 Å². The monoisotopic (exact) mass is 326 g/mol. The van der Waals surface area contributed by atoms with Crippen LogP contribution < -0.4 is 4.90 Å². The molecule has 0 radical (unpaired) electrons. The van der Waals surface area contributed by atoms with E-state index in [2.05, 4.69) is 19.8 Å². The zero-order chi connectivity index (χ0) is 16.4. The maximum absolute atomic E-state index is 13.1. The van der Waals surface area contributed by atoms with Gasteiger partial charge in [0.05, 0.1) is 0 Å². The van der Waals surface area contributed by atoms with Crippen molar-refractivity contribution < 1.29 is 4.39 Å². The van der Waals surface area contributed by atoms with Gasteiger partial charge in [0.2, 0.25) is 5.95 Å². The first-order valence-electron chi connectivity index (χ1n) is 8.71. The van der Waals surface area contributed by atoms with Gasteiger partial charge in [0.25, 0.3) is 0 Å². The number of anilines is 1. The number of likely N-dealkylation sites (tertiary alicyclic amines) is 1. The van der Waals surface area contributed by atoms with E-state index < -0.39 is 0 Å². The van der Waals surface area contributed by atoms with Crippen LogP contribution in [0.4, 0.5) is 10.3 Å². The molecule has 4 nitrogen and oxygen atoms in total. The molecule has 0 bridgehead atoms. The van der Waals surface area contributed by atoms with E-state index in [1.54, 1.807) is 12.1 Å². The van der Waals surface area contributed by atoms with E-state index in [1.807, 2.05) is 30.6 Å². The Kier molecular flexibility index (Phi) is 4.19. The molecule has 0 N–H and O–H groups in total. The molecule has 24 heavy (non-hydrogen) atoms. The van der Waals surface area contributed by atoms with Crippen molar-refractivity contribution in [2.45, 2.75) is 25.8 Å². The number of halogens is 1. The van der Waals surface area contributed by atoms with E-state index in [1.165, 1.54) is 24.8 Å². The molecule has 0 amide bonds. The third-order valence-corrected chi connectivity index (χ3v) is 5.33. The Balaban J connectivity index is 1.42. The van der Waals surface area contributed by atoms with Crippen LogP contribution in [0, 0.1) is 11.2 Å². The maximum Gasteiger partial charge on any atom is 0.225 e. The van der Waals surface area contributed by atoms with Gasteiger partial charge in [-0.15, -0.1) is 0 Å². The Morgan fingerprint density at radius 2 is 1.79 bits per heavy atom. The normalized spacial score (nSPS) is 24.6. The Hall–Kier alpha value is -2.01. The van der Waals surface area contributed by atoms with Crippen molar-refractivity contribution in [1.29, 1.82) is 0 Å². The first-order valence-corrected chi connectivity index (χ1v) is 8.71. The summed E-state index contributed by atoms with van der Waals surface area (Å²) in [4.78, 5) is 13.7. The van der Waals surface area contributed by atoms with E-state index >= 15 is 0 Å². The van der Waals surface area contributed by atoms with Gasteiger partial charge in [-0.1, -0.05) is 12.1 Å². The van der Waals surface area contributed by atoms with Gasteiger partial charge in [0.15, 0.2) is 0 Å². The standard InChI is InChI=1S/C19H23FN4/c20-17-5-3-16(4-6-17)13-23-12-8-19(14-23)7-1-11-24(15-19)18-21-9-2-10-22-18/h2-6,9-10H,1,7-8,11-15H2/t19-/m0/s1. The number of rotatable bonds is 3. The zero-order valence-electron chi connectivity index (χ0n) is 13.9. The highest BCUT2D eigenvalue weighted by Gasteiger charge is 2.41. The molecule has 4 rings (SSSR count). The lowest BCUT2D eigenvalue weighted by Gasteiger charge is -2.40. The largest absolute Gasteiger partial charge is 0.340 e. The molecule has 2 fully saturated rings. The first-order chi connectivity index (χ1) is 11.7. The predicted molar refractivity (Wildman–Crippen MR) is 92.2 cm³/mol. The lowest BCUT2D eigenvalue weighted by Crippen LogP contribution is -2.45. The van der Waals surface area contributed by atoms with E-state index in [-0.39, 0.29) is 5.82 Å². The maximum atomic E-state index is 13.1. The van der Waals surface area contributed by atoms with Crippen LogP contribution >= 0.6 is 0 Å². The van der Waals surface area contributed by atoms with Gasteiger partial charge in [0, 0.05) is 44.0 Å². The van der Waals surface area contributed by atoms with Crippen LogP contribution in [0.25, 0.3) is 0 Å². The third kappa shape index (κ3) is 3.26. The summed E-state index contributed by atoms with van der Waals surface area (Å²) in [7, 11) is 0. The minimum Gasteiger partial charge on any atom is -0.340 e. The van der Waals surface area contributed by atoms with Crippen LogP contribution in [0.3, 0.4) is 0 Å². The Labute approximate surface area is 142 Å². The predicted octanol–water partition coefficient (Wildman–Crippen LogP) is 3.11.